The first kappa shape index (κ1) is 14.3. The number of aromatic nitrogens is 2. The molecule has 5 heteroatoms. The molecule has 1 aliphatic heterocycles. The van der Waals surface area contributed by atoms with Gasteiger partial charge in [-0.15, -0.1) is 10.2 Å². The van der Waals surface area contributed by atoms with Crippen LogP contribution in [0.25, 0.3) is 0 Å². The lowest BCUT2D eigenvalue weighted by atomic mass is 9.87. The fourth-order valence-corrected chi connectivity index (χ4v) is 3.22. The highest BCUT2D eigenvalue weighted by atomic mass is 16.2. The zero-order chi connectivity index (χ0) is 14.7. The van der Waals surface area contributed by atoms with E-state index in [1.165, 1.54) is 25.7 Å². The second-order valence-electron chi connectivity index (χ2n) is 6.40. The maximum atomic E-state index is 12.2. The summed E-state index contributed by atoms with van der Waals surface area (Å²) in [7, 11) is 0. The second-order valence-corrected chi connectivity index (χ2v) is 6.40. The van der Waals surface area contributed by atoms with Crippen molar-refractivity contribution in [1.29, 1.82) is 0 Å². The molecule has 2 aliphatic rings. The maximum absolute atomic E-state index is 12.2. The Balaban J connectivity index is 1.57. The zero-order valence-corrected chi connectivity index (χ0v) is 12.7. The lowest BCUT2D eigenvalue weighted by molar-refractivity contribution is 0.0917. The van der Waals surface area contributed by atoms with Crippen molar-refractivity contribution < 1.29 is 4.79 Å². The lowest BCUT2D eigenvalue weighted by Crippen LogP contribution is -2.37. The normalized spacial score (nSPS) is 25.9. The predicted molar refractivity (Wildman–Crippen MR) is 82.4 cm³/mol. The van der Waals surface area contributed by atoms with E-state index >= 15 is 0 Å². The van der Waals surface area contributed by atoms with Gasteiger partial charge in [-0.25, -0.2) is 0 Å². The van der Waals surface area contributed by atoms with E-state index in [2.05, 4.69) is 27.3 Å². The molecule has 0 unspecified atom stereocenters. The fourth-order valence-electron chi connectivity index (χ4n) is 3.22. The van der Waals surface area contributed by atoms with Gasteiger partial charge >= 0.3 is 0 Å². The molecule has 1 aromatic rings. The van der Waals surface area contributed by atoms with Crippen LogP contribution in [0.5, 0.6) is 0 Å². The molecule has 0 spiro atoms. The summed E-state index contributed by atoms with van der Waals surface area (Å²) in [5, 5.41) is 11.4. The molecular formula is C16H24N4O. The van der Waals surface area contributed by atoms with Crippen LogP contribution in [0.4, 0.5) is 5.82 Å². The van der Waals surface area contributed by atoms with Crippen LogP contribution in [0.3, 0.4) is 0 Å². The smallest absolute Gasteiger partial charge is 0.272 e. The van der Waals surface area contributed by atoms with Gasteiger partial charge < -0.3 is 10.2 Å². The summed E-state index contributed by atoms with van der Waals surface area (Å²) in [6, 6.07) is 4.01. The van der Waals surface area contributed by atoms with Gasteiger partial charge in [0.1, 0.15) is 0 Å². The summed E-state index contributed by atoms with van der Waals surface area (Å²) >= 11 is 0. The van der Waals surface area contributed by atoms with E-state index in [0.717, 1.165) is 37.7 Å². The predicted octanol–water partition coefficient (Wildman–Crippen LogP) is 2.39. The molecule has 1 aromatic heterocycles. The number of hydrogen-bond donors (Lipinski definition) is 1. The van der Waals surface area contributed by atoms with Crippen molar-refractivity contribution in [3.63, 3.8) is 0 Å². The van der Waals surface area contributed by atoms with Crippen LogP contribution in [-0.2, 0) is 0 Å². The highest BCUT2D eigenvalue weighted by Gasteiger charge is 2.21. The fraction of sp³-hybridized carbons (Fsp3) is 0.688. The Morgan fingerprint density at radius 2 is 1.86 bits per heavy atom. The Morgan fingerprint density at radius 1 is 1.14 bits per heavy atom. The summed E-state index contributed by atoms with van der Waals surface area (Å²) in [6.45, 7) is 4.36. The number of nitrogens with one attached hydrogen (secondary N) is 1. The van der Waals surface area contributed by atoms with Gasteiger partial charge in [0.2, 0.25) is 0 Å². The number of hydrogen-bond acceptors (Lipinski definition) is 4. The van der Waals surface area contributed by atoms with Crippen molar-refractivity contribution in [2.75, 3.05) is 18.0 Å². The van der Waals surface area contributed by atoms with Crippen molar-refractivity contribution in [1.82, 2.24) is 15.5 Å². The molecular weight excluding hydrogens is 264 g/mol. The van der Waals surface area contributed by atoms with E-state index in [9.17, 15) is 4.79 Å². The zero-order valence-electron chi connectivity index (χ0n) is 12.7. The number of amides is 1. The monoisotopic (exact) mass is 288 g/mol. The molecule has 3 rings (SSSR count). The van der Waals surface area contributed by atoms with Crippen molar-refractivity contribution in [3.8, 4) is 0 Å². The molecule has 114 valence electrons. The van der Waals surface area contributed by atoms with Gasteiger partial charge in [-0.2, -0.15) is 0 Å². The van der Waals surface area contributed by atoms with Crippen molar-refractivity contribution in [2.24, 2.45) is 5.92 Å². The topological polar surface area (TPSA) is 58.1 Å². The first-order valence-corrected chi connectivity index (χ1v) is 8.12. The van der Waals surface area contributed by atoms with Gasteiger partial charge in [0.15, 0.2) is 11.5 Å². The van der Waals surface area contributed by atoms with E-state index in [1.807, 2.05) is 6.07 Å². The highest BCUT2D eigenvalue weighted by Crippen LogP contribution is 2.23. The lowest BCUT2D eigenvalue weighted by Gasteiger charge is -2.26. The van der Waals surface area contributed by atoms with Crippen LogP contribution in [0, 0.1) is 5.92 Å². The molecule has 1 N–H and O–H groups in total. The third-order valence-corrected chi connectivity index (χ3v) is 4.66. The van der Waals surface area contributed by atoms with Gasteiger partial charge in [0, 0.05) is 19.1 Å². The van der Waals surface area contributed by atoms with Crippen LogP contribution in [0.2, 0.25) is 0 Å². The van der Waals surface area contributed by atoms with Gasteiger partial charge in [-0.05, 0) is 56.6 Å². The molecule has 1 saturated heterocycles. The minimum absolute atomic E-state index is 0.0879. The summed E-state index contributed by atoms with van der Waals surface area (Å²) in [5.41, 5.74) is 0.427. The standard InChI is InChI=1S/C16H24N4O/c1-12-4-6-13(7-5-12)17-16(21)14-8-9-15(19-18-14)20-10-2-3-11-20/h8-9,12-13H,2-7,10-11H2,1H3,(H,17,21). The van der Waals surface area contributed by atoms with Gasteiger partial charge in [-0.3, -0.25) is 4.79 Å². The first-order chi connectivity index (χ1) is 10.2. The summed E-state index contributed by atoms with van der Waals surface area (Å²) in [6.07, 6.45) is 6.97. The maximum Gasteiger partial charge on any atom is 0.272 e. The molecule has 21 heavy (non-hydrogen) atoms. The minimum atomic E-state index is -0.0879. The van der Waals surface area contributed by atoms with Crippen molar-refractivity contribution in [2.45, 2.75) is 51.5 Å². The Hall–Kier alpha value is -1.65. The number of carbonyl (C=O) groups is 1. The van der Waals surface area contributed by atoms with Gasteiger partial charge in [-0.1, -0.05) is 6.92 Å². The van der Waals surface area contributed by atoms with Crippen LogP contribution < -0.4 is 10.2 Å². The third kappa shape index (κ3) is 3.52. The molecule has 1 amide bonds. The van der Waals surface area contributed by atoms with Gasteiger partial charge in [0.25, 0.3) is 5.91 Å². The van der Waals surface area contributed by atoms with E-state index in [-0.39, 0.29) is 5.91 Å². The van der Waals surface area contributed by atoms with Gasteiger partial charge in [0.05, 0.1) is 0 Å². The van der Waals surface area contributed by atoms with E-state index in [1.54, 1.807) is 6.07 Å². The van der Waals surface area contributed by atoms with Crippen LogP contribution >= 0.6 is 0 Å². The van der Waals surface area contributed by atoms with Crippen molar-refractivity contribution >= 4 is 11.7 Å². The Labute approximate surface area is 126 Å². The van der Waals surface area contributed by atoms with E-state index in [4.69, 9.17) is 0 Å². The Kier molecular flexibility index (Phi) is 4.36. The second kappa shape index (κ2) is 6.41. The minimum Gasteiger partial charge on any atom is -0.355 e. The number of carbonyl (C=O) groups excluding carboxylic acids is 1. The van der Waals surface area contributed by atoms with Crippen molar-refractivity contribution in [3.05, 3.63) is 17.8 Å². The summed E-state index contributed by atoms with van der Waals surface area (Å²) in [5.74, 6) is 1.59. The molecule has 2 fully saturated rings. The molecule has 1 aliphatic carbocycles. The molecule has 0 radical (unpaired) electrons. The largest absolute Gasteiger partial charge is 0.355 e. The van der Waals surface area contributed by atoms with Crippen LogP contribution in [0.1, 0.15) is 55.9 Å². The average Bonchev–Trinajstić information content (AvgIpc) is 3.04. The van der Waals surface area contributed by atoms with E-state index in [0.29, 0.717) is 11.7 Å². The molecule has 5 nitrogen and oxygen atoms in total. The van der Waals surface area contributed by atoms with E-state index < -0.39 is 0 Å². The van der Waals surface area contributed by atoms with Crippen LogP contribution in [0.15, 0.2) is 12.1 Å². The summed E-state index contributed by atoms with van der Waals surface area (Å²) in [4.78, 5) is 14.4. The first-order valence-electron chi connectivity index (χ1n) is 8.12. The molecule has 1 saturated carbocycles. The Bertz CT molecular complexity index is 474. The number of anilines is 1. The molecule has 0 bridgehead atoms. The molecule has 0 atom stereocenters. The highest BCUT2D eigenvalue weighted by molar-refractivity contribution is 5.92. The molecule has 0 aromatic carbocycles. The number of rotatable bonds is 3. The quantitative estimate of drug-likeness (QED) is 0.928. The van der Waals surface area contributed by atoms with Crippen LogP contribution in [-0.4, -0.2) is 35.2 Å². The summed E-state index contributed by atoms with van der Waals surface area (Å²) < 4.78 is 0. The third-order valence-electron chi connectivity index (χ3n) is 4.66. The number of nitrogens with zero attached hydrogens (tertiary/aromatic N) is 3. The SMILES string of the molecule is CC1CCC(NC(=O)c2ccc(N3CCCC3)nn2)CC1. The molecule has 2 heterocycles. The Morgan fingerprint density at radius 3 is 2.48 bits per heavy atom. The average molecular weight is 288 g/mol.